The Bertz CT molecular complexity index is 274. The van der Waals surface area contributed by atoms with Crippen molar-refractivity contribution in [3.05, 3.63) is 0 Å². The number of methoxy groups -OCH3 is 1. The van der Waals surface area contributed by atoms with Crippen LogP contribution < -0.4 is 5.73 Å². The van der Waals surface area contributed by atoms with Crippen LogP contribution in [0.25, 0.3) is 0 Å². The highest BCUT2D eigenvalue weighted by atomic mass is 32.2. The molecule has 1 amide bonds. The molecule has 2 atom stereocenters. The van der Waals surface area contributed by atoms with E-state index in [1.165, 1.54) is 12.0 Å². The molecule has 0 aromatic rings. The molecule has 0 spiro atoms. The Hall–Kier alpha value is -0.950. The van der Waals surface area contributed by atoms with E-state index >= 15 is 0 Å². The first-order valence-corrected chi connectivity index (χ1v) is 6.02. The fraction of sp³-hybridized carbons (Fsp3) is 0.778. The molecule has 2 unspecified atom stereocenters. The summed E-state index contributed by atoms with van der Waals surface area (Å²) >= 11 is 1.65. The average molecular weight is 248 g/mol. The minimum atomic E-state index is -0.920. The zero-order valence-corrected chi connectivity index (χ0v) is 9.90. The summed E-state index contributed by atoms with van der Waals surface area (Å²) in [7, 11) is 1.29. The maximum Gasteiger partial charge on any atom is 0.407 e. The van der Waals surface area contributed by atoms with Gasteiger partial charge in [-0.05, 0) is 6.42 Å². The van der Waals surface area contributed by atoms with Crippen LogP contribution in [0.4, 0.5) is 4.79 Å². The van der Waals surface area contributed by atoms with Gasteiger partial charge in [-0.1, -0.05) is 0 Å². The highest BCUT2D eigenvalue weighted by Crippen LogP contribution is 2.22. The molecular formula is C9H16N2O4S. The van der Waals surface area contributed by atoms with Gasteiger partial charge in [0.2, 0.25) is 0 Å². The number of carbonyl (C=O) groups excluding carboxylic acids is 1. The van der Waals surface area contributed by atoms with Gasteiger partial charge in [0.05, 0.1) is 7.11 Å². The van der Waals surface area contributed by atoms with E-state index in [1.807, 2.05) is 0 Å². The normalized spacial score (nSPS) is 22.6. The van der Waals surface area contributed by atoms with Crippen LogP contribution in [0.1, 0.15) is 6.42 Å². The van der Waals surface area contributed by atoms with Crippen molar-refractivity contribution < 1.29 is 19.4 Å². The summed E-state index contributed by atoms with van der Waals surface area (Å²) in [5.41, 5.74) is 5.63. The van der Waals surface area contributed by atoms with Crippen molar-refractivity contribution in [3.8, 4) is 0 Å². The molecule has 6 nitrogen and oxygen atoms in total. The summed E-state index contributed by atoms with van der Waals surface area (Å²) in [6.07, 6.45) is -0.474. The van der Waals surface area contributed by atoms with Gasteiger partial charge in [-0.3, -0.25) is 4.79 Å². The Morgan fingerprint density at radius 3 is 2.94 bits per heavy atom. The zero-order chi connectivity index (χ0) is 12.1. The van der Waals surface area contributed by atoms with E-state index in [2.05, 4.69) is 4.74 Å². The molecule has 0 aromatic heterocycles. The number of ether oxygens (including phenoxy) is 1. The Balaban J connectivity index is 2.42. The third-order valence-electron chi connectivity index (χ3n) is 2.43. The molecule has 1 aliphatic rings. The molecule has 1 fully saturated rings. The van der Waals surface area contributed by atoms with Gasteiger partial charge in [0.15, 0.2) is 0 Å². The van der Waals surface area contributed by atoms with E-state index in [4.69, 9.17) is 10.8 Å². The molecule has 1 rings (SSSR count). The van der Waals surface area contributed by atoms with Crippen molar-refractivity contribution in [3.63, 3.8) is 0 Å². The number of thioether (sulfide) groups is 1. The first-order valence-electron chi connectivity index (χ1n) is 4.97. The lowest BCUT2D eigenvalue weighted by atomic mass is 10.1. The number of nitrogens with two attached hydrogens (primary N) is 1. The summed E-state index contributed by atoms with van der Waals surface area (Å²) in [6.45, 7) is 0.953. The lowest BCUT2D eigenvalue weighted by Gasteiger charge is -2.31. The molecule has 7 heteroatoms. The Labute approximate surface area is 98.1 Å². The minimum absolute atomic E-state index is 0.0685. The van der Waals surface area contributed by atoms with Crippen LogP contribution in [-0.4, -0.2) is 59.3 Å². The van der Waals surface area contributed by atoms with Gasteiger partial charge in [-0.2, -0.15) is 11.8 Å². The molecular weight excluding hydrogens is 232 g/mol. The standard InChI is InChI=1S/C9H16N2O4S/c1-15-8(12)7(10)4-6-5-11(9(13)14)2-3-16-6/h6-7H,2-5,10H2,1H3,(H,13,14). The number of hydrogen-bond acceptors (Lipinski definition) is 5. The Morgan fingerprint density at radius 1 is 1.69 bits per heavy atom. The van der Waals surface area contributed by atoms with Crippen molar-refractivity contribution in [1.29, 1.82) is 0 Å². The number of carbonyl (C=O) groups is 2. The van der Waals surface area contributed by atoms with Gasteiger partial charge in [-0.25, -0.2) is 4.79 Å². The highest BCUT2D eigenvalue weighted by Gasteiger charge is 2.27. The Morgan fingerprint density at radius 2 is 2.38 bits per heavy atom. The molecule has 0 bridgehead atoms. The van der Waals surface area contributed by atoms with Gasteiger partial charge in [-0.15, -0.1) is 0 Å². The molecule has 1 aliphatic heterocycles. The van der Waals surface area contributed by atoms with Gasteiger partial charge in [0.25, 0.3) is 0 Å². The van der Waals surface area contributed by atoms with Crippen molar-refractivity contribution >= 4 is 23.8 Å². The number of esters is 1. The summed E-state index contributed by atoms with van der Waals surface area (Å²) in [4.78, 5) is 23.2. The fourth-order valence-corrected chi connectivity index (χ4v) is 2.85. The van der Waals surface area contributed by atoms with Gasteiger partial charge < -0.3 is 20.5 Å². The molecule has 0 saturated carbocycles. The third kappa shape index (κ3) is 3.57. The summed E-state index contributed by atoms with van der Waals surface area (Å²) in [5, 5.41) is 8.91. The summed E-state index contributed by atoms with van der Waals surface area (Å²) < 4.78 is 4.52. The fourth-order valence-electron chi connectivity index (χ4n) is 1.57. The van der Waals surface area contributed by atoms with Crippen molar-refractivity contribution in [1.82, 2.24) is 4.90 Å². The van der Waals surface area contributed by atoms with E-state index < -0.39 is 18.1 Å². The largest absolute Gasteiger partial charge is 0.468 e. The van der Waals surface area contributed by atoms with E-state index in [9.17, 15) is 9.59 Å². The molecule has 0 aromatic carbocycles. The average Bonchev–Trinajstić information content (AvgIpc) is 2.28. The number of hydrogen-bond donors (Lipinski definition) is 2. The first-order chi connectivity index (χ1) is 7.54. The number of carboxylic acid groups (broad SMARTS) is 1. The van der Waals surface area contributed by atoms with Crippen LogP contribution in [0.15, 0.2) is 0 Å². The number of nitrogens with zero attached hydrogens (tertiary/aromatic N) is 1. The van der Waals surface area contributed by atoms with Crippen molar-refractivity contribution in [2.75, 3.05) is 26.0 Å². The molecule has 16 heavy (non-hydrogen) atoms. The lowest BCUT2D eigenvalue weighted by molar-refractivity contribution is -0.142. The highest BCUT2D eigenvalue weighted by molar-refractivity contribution is 8.00. The summed E-state index contributed by atoms with van der Waals surface area (Å²) in [5.74, 6) is 0.290. The van der Waals surface area contributed by atoms with Crippen molar-refractivity contribution in [2.24, 2.45) is 5.73 Å². The molecule has 92 valence electrons. The molecule has 0 radical (unpaired) electrons. The molecule has 0 aliphatic carbocycles. The molecule has 1 heterocycles. The monoisotopic (exact) mass is 248 g/mol. The van der Waals surface area contributed by atoms with Crippen LogP contribution in [0, 0.1) is 0 Å². The molecule has 3 N–H and O–H groups in total. The van der Waals surface area contributed by atoms with E-state index in [-0.39, 0.29) is 5.25 Å². The van der Waals surface area contributed by atoms with Gasteiger partial charge >= 0.3 is 12.1 Å². The van der Waals surface area contributed by atoms with Crippen LogP contribution >= 0.6 is 11.8 Å². The SMILES string of the molecule is COC(=O)C(N)CC1CN(C(=O)O)CCS1. The van der Waals surface area contributed by atoms with Gasteiger partial charge in [0.1, 0.15) is 6.04 Å². The second-order valence-corrected chi connectivity index (χ2v) is 4.99. The van der Waals surface area contributed by atoms with E-state index in [1.54, 1.807) is 11.8 Å². The second kappa shape index (κ2) is 5.95. The van der Waals surface area contributed by atoms with E-state index in [0.717, 1.165) is 5.75 Å². The van der Waals surface area contributed by atoms with E-state index in [0.29, 0.717) is 19.5 Å². The third-order valence-corrected chi connectivity index (χ3v) is 3.66. The van der Waals surface area contributed by atoms with Crippen LogP contribution in [-0.2, 0) is 9.53 Å². The molecule has 1 saturated heterocycles. The quantitative estimate of drug-likeness (QED) is 0.681. The van der Waals surface area contributed by atoms with Crippen molar-refractivity contribution in [2.45, 2.75) is 17.7 Å². The number of rotatable bonds is 3. The second-order valence-electron chi connectivity index (χ2n) is 3.59. The Kier molecular flexibility index (Phi) is 4.88. The predicted octanol–water partition coefficient (Wildman–Crippen LogP) is -0.0278. The minimum Gasteiger partial charge on any atom is -0.468 e. The predicted molar refractivity (Wildman–Crippen MR) is 60.5 cm³/mol. The topological polar surface area (TPSA) is 92.9 Å². The summed E-state index contributed by atoms with van der Waals surface area (Å²) in [6, 6.07) is -0.670. The number of amides is 1. The maximum atomic E-state index is 11.1. The zero-order valence-electron chi connectivity index (χ0n) is 9.09. The van der Waals surface area contributed by atoms with Crippen LogP contribution in [0.3, 0.4) is 0 Å². The first kappa shape index (κ1) is 13.1. The smallest absolute Gasteiger partial charge is 0.407 e. The lowest BCUT2D eigenvalue weighted by Crippen LogP contribution is -2.44. The van der Waals surface area contributed by atoms with Gasteiger partial charge in [0, 0.05) is 24.1 Å². The maximum absolute atomic E-state index is 11.1. The van der Waals surface area contributed by atoms with Crippen LogP contribution in [0.5, 0.6) is 0 Å². The van der Waals surface area contributed by atoms with Crippen LogP contribution in [0.2, 0.25) is 0 Å².